The number of aromatic amines is 1. The van der Waals surface area contributed by atoms with Gasteiger partial charge in [-0.15, -0.1) is 0 Å². The van der Waals surface area contributed by atoms with E-state index < -0.39 is 152 Å². The third-order valence-corrected chi connectivity index (χ3v) is 9.89. The summed E-state index contributed by atoms with van der Waals surface area (Å²) in [5.41, 5.74) is 21.8. The number of carboxylic acids is 1. The van der Waals surface area contributed by atoms with Crippen molar-refractivity contribution in [2.75, 3.05) is 13.2 Å². The fourth-order valence-electron chi connectivity index (χ4n) is 6.35. The number of primary amides is 3. The average molecular weight is 894 g/mol. The first-order valence-corrected chi connectivity index (χ1v) is 20.1. The monoisotopic (exact) mass is 893 g/mol. The van der Waals surface area contributed by atoms with Crippen molar-refractivity contribution in [3.63, 3.8) is 0 Å². The minimum Gasteiger partial charge on any atom is -0.481 e. The van der Waals surface area contributed by atoms with Crippen LogP contribution in [0.4, 0.5) is 0 Å². The number of carboxylic acid groups (broad SMARTS) is 1. The van der Waals surface area contributed by atoms with Crippen molar-refractivity contribution in [1.82, 2.24) is 46.8 Å². The summed E-state index contributed by atoms with van der Waals surface area (Å²) in [6.07, 6.45) is 0.543. The fraction of sp³-hybridized carbons (Fsp3) is 0.622. The van der Waals surface area contributed by atoms with E-state index in [9.17, 15) is 63.0 Å². The predicted octanol–water partition coefficient (Wildman–Crippen LogP) is -6.27. The first-order chi connectivity index (χ1) is 29.5. The van der Waals surface area contributed by atoms with E-state index in [0.29, 0.717) is 12.1 Å². The summed E-state index contributed by atoms with van der Waals surface area (Å²) in [4.78, 5) is 148. The normalized spacial score (nSPS) is 16.8. The second-order valence-electron chi connectivity index (χ2n) is 15.3. The maximum atomic E-state index is 13.9. The first kappa shape index (κ1) is 52.4. The Labute approximate surface area is 361 Å². The number of aromatic nitrogens is 2. The smallest absolute Gasteiger partial charge is 0.303 e. The highest BCUT2D eigenvalue weighted by molar-refractivity contribution is 5.98. The Kier molecular flexibility index (Phi) is 21.0. The highest BCUT2D eigenvalue weighted by atomic mass is 16.4. The van der Waals surface area contributed by atoms with Gasteiger partial charge in [0, 0.05) is 44.1 Å². The van der Waals surface area contributed by atoms with E-state index >= 15 is 0 Å². The van der Waals surface area contributed by atoms with Gasteiger partial charge in [0.1, 0.15) is 48.3 Å². The molecule has 350 valence electrons. The molecule has 8 atom stereocenters. The van der Waals surface area contributed by atoms with Crippen LogP contribution in [0.5, 0.6) is 0 Å². The minimum absolute atomic E-state index is 0.131. The van der Waals surface area contributed by atoms with Crippen LogP contribution in [-0.4, -0.2) is 152 Å². The number of likely N-dealkylation sites (tertiary alicyclic amines) is 1. The molecule has 1 aromatic heterocycles. The van der Waals surface area contributed by atoms with Crippen LogP contribution < -0.4 is 54.8 Å². The Balaban J connectivity index is 2.30. The molecule has 17 N–H and O–H groups in total. The third-order valence-electron chi connectivity index (χ3n) is 9.89. The summed E-state index contributed by atoms with van der Waals surface area (Å²) in [6, 6.07) is -11.0. The van der Waals surface area contributed by atoms with Crippen LogP contribution in [0.3, 0.4) is 0 Å². The summed E-state index contributed by atoms with van der Waals surface area (Å²) >= 11 is 0. The molecule has 0 unspecified atom stereocenters. The number of rotatable bonds is 27. The van der Waals surface area contributed by atoms with Gasteiger partial charge in [0.25, 0.3) is 0 Å². The van der Waals surface area contributed by atoms with Gasteiger partial charge in [-0.05, 0) is 44.9 Å². The molecule has 0 aromatic carbocycles. The summed E-state index contributed by atoms with van der Waals surface area (Å²) in [6.45, 7) is 3.86. The summed E-state index contributed by atoms with van der Waals surface area (Å²) in [7, 11) is 0. The molecule has 2 heterocycles. The predicted molar refractivity (Wildman–Crippen MR) is 217 cm³/mol. The Morgan fingerprint density at radius 2 is 1.29 bits per heavy atom. The maximum absolute atomic E-state index is 13.9. The number of hydrogen-bond donors (Lipinski definition) is 13. The van der Waals surface area contributed by atoms with E-state index in [1.807, 2.05) is 0 Å². The van der Waals surface area contributed by atoms with Gasteiger partial charge in [0.15, 0.2) is 0 Å². The van der Waals surface area contributed by atoms with Gasteiger partial charge in [0.05, 0.1) is 12.9 Å². The number of nitrogens with one attached hydrogen (secondary N) is 7. The number of amides is 10. The average Bonchev–Trinajstić information content (AvgIpc) is 3.93. The van der Waals surface area contributed by atoms with Crippen molar-refractivity contribution in [1.29, 1.82) is 0 Å². The molecule has 0 spiro atoms. The van der Waals surface area contributed by atoms with Crippen molar-refractivity contribution in [2.45, 2.75) is 127 Å². The summed E-state index contributed by atoms with van der Waals surface area (Å²) in [5, 5.41) is 33.3. The van der Waals surface area contributed by atoms with E-state index in [4.69, 9.17) is 22.9 Å². The molecule has 1 aromatic rings. The molecule has 10 amide bonds. The van der Waals surface area contributed by atoms with Crippen molar-refractivity contribution in [3.8, 4) is 0 Å². The molecule has 0 radical (unpaired) electrons. The first-order valence-electron chi connectivity index (χ1n) is 20.1. The van der Waals surface area contributed by atoms with Crippen LogP contribution >= 0.6 is 0 Å². The van der Waals surface area contributed by atoms with Gasteiger partial charge in [0.2, 0.25) is 59.1 Å². The fourth-order valence-corrected chi connectivity index (χ4v) is 6.35. The number of aliphatic hydroxyl groups is 1. The largest absolute Gasteiger partial charge is 0.481 e. The molecular formula is C37H59N13O13. The topological polar surface area (TPSA) is 436 Å². The Bertz CT molecular complexity index is 1830. The van der Waals surface area contributed by atoms with Crippen molar-refractivity contribution in [2.24, 2.45) is 28.9 Å². The molecular weight excluding hydrogens is 834 g/mol. The molecule has 0 bridgehead atoms. The van der Waals surface area contributed by atoms with E-state index in [2.05, 4.69) is 41.9 Å². The number of hydrogen-bond acceptors (Lipinski definition) is 14. The zero-order valence-electron chi connectivity index (χ0n) is 35.2. The van der Waals surface area contributed by atoms with E-state index in [0.717, 1.165) is 4.90 Å². The summed E-state index contributed by atoms with van der Waals surface area (Å²) < 4.78 is 0. The van der Waals surface area contributed by atoms with Crippen LogP contribution in [0.1, 0.15) is 77.8 Å². The van der Waals surface area contributed by atoms with Gasteiger partial charge >= 0.3 is 5.97 Å². The number of aliphatic carboxylic acids is 1. The van der Waals surface area contributed by atoms with E-state index in [-0.39, 0.29) is 32.2 Å². The minimum atomic E-state index is -1.56. The molecule has 63 heavy (non-hydrogen) atoms. The van der Waals surface area contributed by atoms with Crippen molar-refractivity contribution < 1.29 is 63.0 Å². The highest BCUT2D eigenvalue weighted by Crippen LogP contribution is 2.19. The van der Waals surface area contributed by atoms with Crippen LogP contribution in [0.2, 0.25) is 0 Å². The standard InChI is InChI=1S/C37H59N13O13/c1-17(2)29(36(62)45-21(30(41)56)6-9-26(39)52)49-31(57)18(3)44-32(58)22(7-10-27(40)53)46-34(60)24(13-19-14-42-16-43-19)48-33(59)23(8-11-28(54)55)47-35(61)25-5-4-12-50(25)37(63)20(38)15-51/h14,16-18,20-25,29,51H,4-13,15,38H2,1-3H3,(H2,39,52)(H2,40,53)(H2,41,56)(H,42,43)(H,44,58)(H,45,62)(H,46,60)(H,47,61)(H,48,59)(H,49,57)(H,54,55)/t18-,20-,21-,22-,23-,24-,25-,29-/m0/s1. The van der Waals surface area contributed by atoms with Crippen LogP contribution in [-0.2, 0) is 59.2 Å². The van der Waals surface area contributed by atoms with Crippen molar-refractivity contribution in [3.05, 3.63) is 18.2 Å². The van der Waals surface area contributed by atoms with Gasteiger partial charge in [-0.1, -0.05) is 13.8 Å². The second-order valence-corrected chi connectivity index (χ2v) is 15.3. The molecule has 1 aliphatic rings. The summed E-state index contributed by atoms with van der Waals surface area (Å²) in [5.74, 6) is -10.7. The third kappa shape index (κ3) is 17.3. The van der Waals surface area contributed by atoms with Crippen LogP contribution in [0.25, 0.3) is 0 Å². The number of nitrogens with two attached hydrogens (primary N) is 4. The zero-order chi connectivity index (χ0) is 47.6. The Hall–Kier alpha value is -6.70. The lowest BCUT2D eigenvalue weighted by Crippen LogP contribution is -2.60. The lowest BCUT2D eigenvalue weighted by atomic mass is 10.0. The van der Waals surface area contributed by atoms with E-state index in [1.165, 1.54) is 19.4 Å². The highest BCUT2D eigenvalue weighted by Gasteiger charge is 2.39. The quantitative estimate of drug-likeness (QED) is 0.0391. The van der Waals surface area contributed by atoms with E-state index in [1.54, 1.807) is 13.8 Å². The molecule has 1 saturated heterocycles. The maximum Gasteiger partial charge on any atom is 0.303 e. The lowest BCUT2D eigenvalue weighted by Gasteiger charge is -2.29. The number of imidazole rings is 1. The Morgan fingerprint density at radius 3 is 1.83 bits per heavy atom. The molecule has 1 fully saturated rings. The number of nitrogens with zero attached hydrogens (tertiary/aromatic N) is 2. The van der Waals surface area contributed by atoms with Gasteiger partial charge in [-0.2, -0.15) is 0 Å². The number of carbonyl (C=O) groups excluding carboxylic acids is 10. The van der Waals surface area contributed by atoms with Crippen LogP contribution in [0, 0.1) is 5.92 Å². The molecule has 26 nitrogen and oxygen atoms in total. The molecule has 0 saturated carbocycles. The van der Waals surface area contributed by atoms with Gasteiger partial charge < -0.3 is 74.9 Å². The van der Waals surface area contributed by atoms with Crippen molar-refractivity contribution >= 4 is 65.0 Å². The van der Waals surface area contributed by atoms with Gasteiger partial charge in [-0.25, -0.2) is 4.98 Å². The molecule has 0 aliphatic carbocycles. The molecule has 1 aliphatic heterocycles. The van der Waals surface area contributed by atoms with Gasteiger partial charge in [-0.3, -0.25) is 52.7 Å². The molecule has 26 heteroatoms. The van der Waals surface area contributed by atoms with Crippen LogP contribution in [0.15, 0.2) is 12.5 Å². The molecule has 2 rings (SSSR count). The second kappa shape index (κ2) is 25.3. The number of carbonyl (C=O) groups is 11. The zero-order valence-corrected chi connectivity index (χ0v) is 35.2. The Morgan fingerprint density at radius 1 is 0.746 bits per heavy atom. The number of aliphatic hydroxyl groups excluding tert-OH is 1. The number of H-pyrrole nitrogens is 1. The SMILES string of the molecule is CC(C)[C@H](NC(=O)[C@H](C)NC(=O)[C@H](CCC(N)=O)NC(=O)[C@H](Cc1cnc[nH]1)NC(=O)[C@H](CCC(=O)O)NC(=O)[C@@H]1CCCN1C(=O)[C@@H](N)CO)C(=O)N[C@@H](CCC(N)=O)C(N)=O. The lowest BCUT2D eigenvalue weighted by molar-refractivity contribution is -0.141.